The van der Waals surface area contributed by atoms with Gasteiger partial charge in [-0.1, -0.05) is 17.7 Å². The molecule has 1 fully saturated rings. The van der Waals surface area contributed by atoms with Gasteiger partial charge in [0.15, 0.2) is 0 Å². The van der Waals surface area contributed by atoms with E-state index >= 15 is 0 Å². The lowest BCUT2D eigenvalue weighted by Gasteiger charge is -2.32. The zero-order valence-corrected chi connectivity index (χ0v) is 12.0. The molecular weight excluding hydrogens is 274 g/mol. The molecule has 0 aromatic carbocycles. The maximum Gasteiger partial charge on any atom is 0.498 e. The van der Waals surface area contributed by atoms with Gasteiger partial charge in [-0.25, -0.2) is 13.8 Å². The Kier molecular flexibility index (Phi) is 3.62. The normalized spacial score (nSPS) is 21.2. The van der Waals surface area contributed by atoms with Gasteiger partial charge in [0.1, 0.15) is 10.8 Å². The highest BCUT2D eigenvalue weighted by molar-refractivity contribution is 6.65. The van der Waals surface area contributed by atoms with Crippen LogP contribution in [0.3, 0.4) is 0 Å². The molecule has 0 saturated carbocycles. The van der Waals surface area contributed by atoms with E-state index < -0.39 is 24.7 Å². The van der Waals surface area contributed by atoms with Crippen LogP contribution in [-0.4, -0.2) is 23.3 Å². The molecule has 1 aromatic heterocycles. The van der Waals surface area contributed by atoms with E-state index in [0.29, 0.717) is 5.46 Å². The summed E-state index contributed by atoms with van der Waals surface area (Å²) < 4.78 is 36.6. The van der Waals surface area contributed by atoms with E-state index in [2.05, 4.69) is 4.98 Å². The molecule has 0 amide bonds. The van der Waals surface area contributed by atoms with Gasteiger partial charge in [0.2, 0.25) is 0 Å². The first kappa shape index (κ1) is 14.7. The van der Waals surface area contributed by atoms with Crippen LogP contribution < -0.4 is 5.46 Å². The lowest BCUT2D eigenvalue weighted by Crippen LogP contribution is -2.41. The van der Waals surface area contributed by atoms with Crippen LogP contribution in [0.4, 0.5) is 8.78 Å². The SMILES string of the molecule is CC1(C)OB(c2ccc(C(F)F)nc2Cl)OC1(C)C. The molecule has 0 unspecified atom stereocenters. The number of hydrogen-bond donors (Lipinski definition) is 0. The molecule has 0 N–H and O–H groups in total. The summed E-state index contributed by atoms with van der Waals surface area (Å²) in [6, 6.07) is 2.70. The molecule has 0 radical (unpaired) electrons. The minimum absolute atomic E-state index is 0.0173. The molecule has 3 nitrogen and oxygen atoms in total. The minimum Gasteiger partial charge on any atom is -0.399 e. The van der Waals surface area contributed by atoms with E-state index in [1.165, 1.54) is 12.1 Å². The molecule has 0 atom stereocenters. The van der Waals surface area contributed by atoms with Crippen LogP contribution in [0.1, 0.15) is 39.8 Å². The molecule has 0 bridgehead atoms. The summed E-state index contributed by atoms with van der Waals surface area (Å²) in [5, 5.41) is -0.0173. The summed E-state index contributed by atoms with van der Waals surface area (Å²) >= 11 is 5.94. The summed E-state index contributed by atoms with van der Waals surface area (Å²) in [6.07, 6.45) is -2.65. The van der Waals surface area contributed by atoms with Crippen molar-refractivity contribution in [3.05, 3.63) is 23.0 Å². The topological polar surface area (TPSA) is 31.4 Å². The number of aromatic nitrogens is 1. The summed E-state index contributed by atoms with van der Waals surface area (Å²) in [4.78, 5) is 3.67. The molecule has 1 aliphatic heterocycles. The van der Waals surface area contributed by atoms with Gasteiger partial charge in [-0.15, -0.1) is 0 Å². The number of rotatable bonds is 2. The first-order valence-electron chi connectivity index (χ1n) is 5.94. The lowest BCUT2D eigenvalue weighted by molar-refractivity contribution is 0.00578. The smallest absolute Gasteiger partial charge is 0.399 e. The van der Waals surface area contributed by atoms with Crippen molar-refractivity contribution >= 4 is 24.2 Å². The zero-order valence-electron chi connectivity index (χ0n) is 11.2. The Morgan fingerprint density at radius 1 is 1.16 bits per heavy atom. The molecule has 1 saturated heterocycles. The molecule has 7 heteroatoms. The monoisotopic (exact) mass is 289 g/mol. The highest BCUT2D eigenvalue weighted by Crippen LogP contribution is 2.36. The van der Waals surface area contributed by atoms with Gasteiger partial charge in [0, 0.05) is 5.46 Å². The maximum absolute atomic E-state index is 12.5. The molecular formula is C12H15BClF2NO2. The first-order chi connectivity index (χ1) is 8.64. The maximum atomic E-state index is 12.5. The number of halogens is 3. The standard InChI is InChI=1S/C12H15BClF2NO2/c1-11(2)12(3,4)19-13(18-11)7-5-6-8(10(15)16)17-9(7)14/h5-6,10H,1-4H3. The van der Waals surface area contributed by atoms with Crippen molar-refractivity contribution in [1.29, 1.82) is 0 Å². The van der Waals surface area contributed by atoms with Gasteiger partial charge >= 0.3 is 7.12 Å². The van der Waals surface area contributed by atoms with Crippen molar-refractivity contribution in [2.45, 2.75) is 45.3 Å². The first-order valence-corrected chi connectivity index (χ1v) is 6.32. The summed E-state index contributed by atoms with van der Waals surface area (Å²) in [5.74, 6) is 0. The second-order valence-corrected chi connectivity index (χ2v) is 5.86. The average molecular weight is 290 g/mol. The van der Waals surface area contributed by atoms with Crippen LogP contribution in [-0.2, 0) is 9.31 Å². The van der Waals surface area contributed by atoms with E-state index in [4.69, 9.17) is 20.9 Å². The predicted octanol–water partition coefficient (Wildman–Crippen LogP) is 2.97. The fourth-order valence-electron chi connectivity index (χ4n) is 1.73. The van der Waals surface area contributed by atoms with Gasteiger partial charge in [-0.3, -0.25) is 0 Å². The van der Waals surface area contributed by atoms with Crippen LogP contribution in [0.15, 0.2) is 12.1 Å². The lowest BCUT2D eigenvalue weighted by atomic mass is 9.80. The fourth-order valence-corrected chi connectivity index (χ4v) is 1.98. The van der Waals surface area contributed by atoms with Crippen LogP contribution in [0.5, 0.6) is 0 Å². The second kappa shape index (κ2) is 4.68. The molecule has 0 aliphatic carbocycles. The molecule has 2 heterocycles. The highest BCUT2D eigenvalue weighted by atomic mass is 35.5. The molecule has 104 valence electrons. The van der Waals surface area contributed by atoms with Crippen LogP contribution in [0.2, 0.25) is 5.15 Å². The van der Waals surface area contributed by atoms with E-state index in [1.807, 2.05) is 27.7 Å². The third-order valence-corrected chi connectivity index (χ3v) is 3.93. The Bertz CT molecular complexity index is 481. The van der Waals surface area contributed by atoms with Crippen LogP contribution in [0, 0.1) is 0 Å². The third kappa shape index (κ3) is 2.62. The van der Waals surface area contributed by atoms with Crippen molar-refractivity contribution in [2.75, 3.05) is 0 Å². The van der Waals surface area contributed by atoms with Crippen molar-refractivity contribution < 1.29 is 18.1 Å². The minimum atomic E-state index is -2.65. The van der Waals surface area contributed by atoms with E-state index in [9.17, 15) is 8.78 Å². The number of pyridine rings is 1. The zero-order chi connectivity index (χ0) is 14.4. The molecule has 1 aliphatic rings. The van der Waals surface area contributed by atoms with Crippen molar-refractivity contribution in [3.8, 4) is 0 Å². The quantitative estimate of drug-likeness (QED) is 0.619. The van der Waals surface area contributed by atoms with Gasteiger partial charge in [-0.2, -0.15) is 0 Å². The number of alkyl halides is 2. The van der Waals surface area contributed by atoms with Gasteiger partial charge < -0.3 is 9.31 Å². The Morgan fingerprint density at radius 3 is 2.11 bits per heavy atom. The second-order valence-electron chi connectivity index (χ2n) is 5.51. The number of hydrogen-bond acceptors (Lipinski definition) is 3. The van der Waals surface area contributed by atoms with Crippen molar-refractivity contribution in [3.63, 3.8) is 0 Å². The Balaban J connectivity index is 2.30. The molecule has 0 spiro atoms. The highest BCUT2D eigenvalue weighted by Gasteiger charge is 2.52. The van der Waals surface area contributed by atoms with E-state index in [-0.39, 0.29) is 10.8 Å². The van der Waals surface area contributed by atoms with Crippen LogP contribution >= 0.6 is 11.6 Å². The van der Waals surface area contributed by atoms with E-state index in [1.54, 1.807) is 0 Å². The average Bonchev–Trinajstić information content (AvgIpc) is 2.47. The van der Waals surface area contributed by atoms with Gasteiger partial charge in [-0.05, 0) is 33.8 Å². The molecule has 1 aromatic rings. The third-order valence-electron chi connectivity index (χ3n) is 3.63. The Hall–Kier alpha value is -0.715. The predicted molar refractivity (Wildman–Crippen MR) is 69.9 cm³/mol. The van der Waals surface area contributed by atoms with Gasteiger partial charge in [0.05, 0.1) is 11.2 Å². The number of nitrogens with zero attached hydrogens (tertiary/aromatic N) is 1. The summed E-state index contributed by atoms with van der Waals surface area (Å²) in [7, 11) is -0.697. The summed E-state index contributed by atoms with van der Waals surface area (Å²) in [6.45, 7) is 7.62. The largest absolute Gasteiger partial charge is 0.498 e. The van der Waals surface area contributed by atoms with Gasteiger partial charge in [0.25, 0.3) is 6.43 Å². The fraction of sp³-hybridized carbons (Fsp3) is 0.583. The Morgan fingerprint density at radius 2 is 1.68 bits per heavy atom. The van der Waals surface area contributed by atoms with Crippen LogP contribution in [0.25, 0.3) is 0 Å². The Labute approximate surface area is 116 Å². The molecule has 2 rings (SSSR count). The van der Waals surface area contributed by atoms with Crippen molar-refractivity contribution in [2.24, 2.45) is 0 Å². The summed E-state index contributed by atoms with van der Waals surface area (Å²) in [5.41, 5.74) is -0.917. The molecule has 19 heavy (non-hydrogen) atoms. The van der Waals surface area contributed by atoms with E-state index in [0.717, 1.165) is 0 Å². The van der Waals surface area contributed by atoms with Crippen molar-refractivity contribution in [1.82, 2.24) is 4.98 Å².